The van der Waals surface area contributed by atoms with Crippen molar-refractivity contribution < 1.29 is 9.63 Å². The first-order chi connectivity index (χ1) is 13.2. The summed E-state index contributed by atoms with van der Waals surface area (Å²) in [6, 6.07) is 7.76. The normalized spacial score (nSPS) is 15.5. The Morgan fingerprint density at radius 1 is 1.14 bits per heavy atom. The molecular formula is C20H24N6O2. The fraction of sp³-hybridized carbons (Fsp3) is 0.350. The highest BCUT2D eigenvalue weighted by molar-refractivity contribution is 6.00. The van der Waals surface area contributed by atoms with Gasteiger partial charge in [-0.2, -0.15) is 0 Å². The van der Waals surface area contributed by atoms with Crippen LogP contribution in [0, 0.1) is 5.41 Å². The molecule has 4 N–H and O–H groups in total. The Kier molecular flexibility index (Phi) is 4.23. The number of nitrogens with two attached hydrogens (primary N) is 2. The minimum Gasteiger partial charge on any atom is -0.399 e. The SMILES string of the molecule is CC(C)(C)C(=O)ON1CC(n2cc(-c3ccc(N)cc3)c3c(N)ncnc32)C1. The van der Waals surface area contributed by atoms with E-state index in [4.69, 9.17) is 16.3 Å². The van der Waals surface area contributed by atoms with E-state index < -0.39 is 5.41 Å². The number of hydroxylamine groups is 2. The summed E-state index contributed by atoms with van der Waals surface area (Å²) >= 11 is 0. The molecule has 146 valence electrons. The number of fused-ring (bicyclic) bond motifs is 1. The van der Waals surface area contributed by atoms with E-state index in [9.17, 15) is 4.79 Å². The highest BCUT2D eigenvalue weighted by Gasteiger charge is 2.35. The minimum absolute atomic E-state index is 0.132. The zero-order valence-corrected chi connectivity index (χ0v) is 16.2. The van der Waals surface area contributed by atoms with E-state index in [1.165, 1.54) is 6.33 Å². The standard InChI is InChI=1S/C20H24N6O2/c1-20(2,3)19(27)28-25-8-14(9-25)26-10-15(12-4-6-13(21)7-5-12)16-17(22)23-11-24-18(16)26/h4-7,10-11,14H,8-9,21H2,1-3H3,(H2,22,23,24). The molecule has 8 heteroatoms. The Morgan fingerprint density at radius 3 is 2.46 bits per heavy atom. The Morgan fingerprint density at radius 2 is 1.82 bits per heavy atom. The number of nitrogen functional groups attached to an aromatic ring is 2. The fourth-order valence-electron chi connectivity index (χ4n) is 3.19. The molecule has 1 aliphatic heterocycles. The lowest BCUT2D eigenvalue weighted by molar-refractivity contribution is -0.225. The molecule has 0 saturated carbocycles. The molecule has 1 saturated heterocycles. The van der Waals surface area contributed by atoms with E-state index in [1.807, 2.05) is 51.2 Å². The van der Waals surface area contributed by atoms with Gasteiger partial charge in [0.25, 0.3) is 0 Å². The van der Waals surface area contributed by atoms with Crippen LogP contribution in [-0.4, -0.2) is 38.7 Å². The van der Waals surface area contributed by atoms with Gasteiger partial charge in [-0.1, -0.05) is 12.1 Å². The van der Waals surface area contributed by atoms with Gasteiger partial charge < -0.3 is 20.9 Å². The predicted molar refractivity (Wildman–Crippen MR) is 108 cm³/mol. The molecule has 1 fully saturated rings. The van der Waals surface area contributed by atoms with Gasteiger partial charge >= 0.3 is 5.97 Å². The van der Waals surface area contributed by atoms with Crippen LogP contribution in [0.1, 0.15) is 26.8 Å². The quantitative estimate of drug-likeness (QED) is 0.672. The van der Waals surface area contributed by atoms with Gasteiger partial charge in [-0.15, -0.1) is 5.06 Å². The van der Waals surface area contributed by atoms with Crippen molar-refractivity contribution >= 4 is 28.5 Å². The number of aromatic nitrogens is 3. The zero-order valence-electron chi connectivity index (χ0n) is 16.2. The third-order valence-corrected chi connectivity index (χ3v) is 4.91. The van der Waals surface area contributed by atoms with Crippen LogP contribution in [0.4, 0.5) is 11.5 Å². The lowest BCUT2D eigenvalue weighted by Crippen LogP contribution is -2.49. The third-order valence-electron chi connectivity index (χ3n) is 4.91. The smallest absolute Gasteiger partial charge is 0.330 e. The molecule has 1 aliphatic rings. The van der Waals surface area contributed by atoms with Gasteiger partial charge in [-0.05, 0) is 38.5 Å². The van der Waals surface area contributed by atoms with Crippen molar-refractivity contribution in [3.63, 3.8) is 0 Å². The number of benzene rings is 1. The van der Waals surface area contributed by atoms with E-state index in [1.54, 1.807) is 5.06 Å². The Hall–Kier alpha value is -3.13. The summed E-state index contributed by atoms with van der Waals surface area (Å²) in [7, 11) is 0. The molecule has 0 atom stereocenters. The van der Waals surface area contributed by atoms with E-state index >= 15 is 0 Å². The maximum absolute atomic E-state index is 12.1. The van der Waals surface area contributed by atoms with Crippen molar-refractivity contribution in [2.45, 2.75) is 26.8 Å². The summed E-state index contributed by atoms with van der Waals surface area (Å²) in [5.41, 5.74) is 14.9. The zero-order chi connectivity index (χ0) is 20.1. The molecule has 0 radical (unpaired) electrons. The largest absolute Gasteiger partial charge is 0.399 e. The van der Waals surface area contributed by atoms with E-state index in [0.717, 1.165) is 22.2 Å². The second kappa shape index (κ2) is 6.49. The average Bonchev–Trinajstić information content (AvgIpc) is 2.98. The monoisotopic (exact) mass is 380 g/mol. The van der Waals surface area contributed by atoms with Gasteiger partial charge in [0, 0.05) is 17.4 Å². The predicted octanol–water partition coefficient (Wildman–Crippen LogP) is 2.62. The molecule has 1 aromatic carbocycles. The Labute approximate surface area is 163 Å². The van der Waals surface area contributed by atoms with Crippen LogP contribution in [0.2, 0.25) is 0 Å². The van der Waals surface area contributed by atoms with Crippen molar-refractivity contribution in [3.05, 3.63) is 36.8 Å². The van der Waals surface area contributed by atoms with Crippen LogP contribution in [0.3, 0.4) is 0 Å². The summed E-state index contributed by atoms with van der Waals surface area (Å²) in [6.07, 6.45) is 3.51. The molecule has 0 spiro atoms. The van der Waals surface area contributed by atoms with Gasteiger partial charge in [0.2, 0.25) is 0 Å². The van der Waals surface area contributed by atoms with Crippen LogP contribution in [-0.2, 0) is 9.63 Å². The molecule has 3 heterocycles. The van der Waals surface area contributed by atoms with E-state index in [0.29, 0.717) is 24.6 Å². The van der Waals surface area contributed by atoms with Crippen molar-refractivity contribution in [1.29, 1.82) is 0 Å². The lowest BCUT2D eigenvalue weighted by Gasteiger charge is -2.39. The van der Waals surface area contributed by atoms with Crippen LogP contribution in [0.5, 0.6) is 0 Å². The third kappa shape index (κ3) is 3.16. The maximum Gasteiger partial charge on any atom is 0.330 e. The molecule has 2 aromatic heterocycles. The van der Waals surface area contributed by atoms with Gasteiger partial charge in [0.1, 0.15) is 17.8 Å². The van der Waals surface area contributed by atoms with Gasteiger partial charge in [-0.3, -0.25) is 0 Å². The van der Waals surface area contributed by atoms with Crippen LogP contribution < -0.4 is 11.5 Å². The number of carbonyl (C=O) groups is 1. The fourth-order valence-corrected chi connectivity index (χ4v) is 3.19. The minimum atomic E-state index is -0.533. The lowest BCUT2D eigenvalue weighted by atomic mass is 9.98. The summed E-state index contributed by atoms with van der Waals surface area (Å²) in [6.45, 7) is 6.70. The van der Waals surface area contributed by atoms with Crippen LogP contribution in [0.25, 0.3) is 22.2 Å². The molecule has 0 aliphatic carbocycles. The molecule has 8 nitrogen and oxygen atoms in total. The van der Waals surface area contributed by atoms with Crippen molar-refractivity contribution in [3.8, 4) is 11.1 Å². The molecule has 3 aromatic rings. The summed E-state index contributed by atoms with van der Waals surface area (Å²) in [5, 5.41) is 2.50. The topological polar surface area (TPSA) is 112 Å². The van der Waals surface area contributed by atoms with Crippen LogP contribution >= 0.6 is 0 Å². The molecule has 0 bridgehead atoms. The number of hydrogen-bond donors (Lipinski definition) is 2. The van der Waals surface area contributed by atoms with E-state index in [-0.39, 0.29) is 12.0 Å². The first-order valence-electron chi connectivity index (χ1n) is 9.18. The number of hydrogen-bond acceptors (Lipinski definition) is 7. The second-order valence-corrected chi connectivity index (χ2v) is 8.16. The number of nitrogens with zero attached hydrogens (tertiary/aromatic N) is 4. The Balaban J connectivity index is 1.64. The van der Waals surface area contributed by atoms with Crippen molar-refractivity contribution in [2.75, 3.05) is 24.6 Å². The second-order valence-electron chi connectivity index (χ2n) is 8.16. The highest BCUT2D eigenvalue weighted by atomic mass is 16.7. The average molecular weight is 380 g/mol. The first kappa shape index (κ1) is 18.2. The van der Waals surface area contributed by atoms with Gasteiger partial charge in [0.15, 0.2) is 0 Å². The van der Waals surface area contributed by atoms with Crippen molar-refractivity contribution in [2.24, 2.45) is 5.41 Å². The Bertz CT molecular complexity index is 1030. The number of anilines is 2. The van der Waals surface area contributed by atoms with E-state index in [2.05, 4.69) is 14.5 Å². The van der Waals surface area contributed by atoms with Crippen LogP contribution in [0.15, 0.2) is 36.8 Å². The first-order valence-corrected chi connectivity index (χ1v) is 9.18. The summed E-state index contributed by atoms with van der Waals surface area (Å²) < 4.78 is 2.08. The summed E-state index contributed by atoms with van der Waals surface area (Å²) in [5.74, 6) is 0.198. The maximum atomic E-state index is 12.1. The van der Waals surface area contributed by atoms with Crippen molar-refractivity contribution in [1.82, 2.24) is 19.6 Å². The molecule has 28 heavy (non-hydrogen) atoms. The van der Waals surface area contributed by atoms with Gasteiger partial charge in [0.05, 0.1) is 29.9 Å². The van der Waals surface area contributed by atoms with Gasteiger partial charge in [-0.25, -0.2) is 14.8 Å². The number of carbonyl (C=O) groups excluding carboxylic acids is 1. The number of rotatable bonds is 3. The molecule has 0 unspecified atom stereocenters. The molecule has 4 rings (SSSR count). The molecule has 0 amide bonds. The highest BCUT2D eigenvalue weighted by Crippen LogP contribution is 2.36. The summed E-state index contributed by atoms with van der Waals surface area (Å²) in [4.78, 5) is 26.1. The molecular weight excluding hydrogens is 356 g/mol.